The van der Waals surface area contributed by atoms with Gasteiger partial charge in [-0.3, -0.25) is 0 Å². The number of nitrogens with zero attached hydrogens (tertiary/aromatic N) is 5. The van der Waals surface area contributed by atoms with Gasteiger partial charge in [0, 0.05) is 48.3 Å². The van der Waals surface area contributed by atoms with Gasteiger partial charge in [0.15, 0.2) is 11.5 Å². The van der Waals surface area contributed by atoms with Gasteiger partial charge in [-0.1, -0.05) is 0 Å². The van der Waals surface area contributed by atoms with E-state index in [1.165, 1.54) is 14.5 Å². The maximum absolute atomic E-state index is 14.7. The lowest BCUT2D eigenvalue weighted by Gasteiger charge is -2.38. The van der Waals surface area contributed by atoms with Crippen molar-refractivity contribution < 1.29 is 4.39 Å². The Balaban J connectivity index is 2.06. The number of hydrogen-bond donors (Lipinski definition) is 0. The van der Waals surface area contributed by atoms with E-state index in [0.717, 1.165) is 25.4 Å². The van der Waals surface area contributed by atoms with Gasteiger partial charge < -0.3 is 4.90 Å². The van der Waals surface area contributed by atoms with Gasteiger partial charge in [0.2, 0.25) is 0 Å². The van der Waals surface area contributed by atoms with Crippen LogP contribution in [0.15, 0.2) is 9.69 Å². The molecule has 10 heteroatoms. The minimum absolute atomic E-state index is 0.206. The van der Waals surface area contributed by atoms with Gasteiger partial charge in [0.1, 0.15) is 5.82 Å². The largest absolute Gasteiger partial charge is 0.360 e. The molecule has 0 N–H and O–H groups in total. The van der Waals surface area contributed by atoms with Crippen LogP contribution in [0.1, 0.15) is 5.69 Å². The Kier molecular flexibility index (Phi) is 4.21. The van der Waals surface area contributed by atoms with Crippen LogP contribution in [0.2, 0.25) is 0 Å². The predicted molar refractivity (Wildman–Crippen MR) is 105 cm³/mol. The molecule has 6 nitrogen and oxygen atoms in total. The molecule has 0 aliphatic carbocycles. The van der Waals surface area contributed by atoms with Crippen molar-refractivity contribution in [3.63, 3.8) is 0 Å². The number of anilines is 1. The summed E-state index contributed by atoms with van der Waals surface area (Å²) < 4.78 is 18.3. The first kappa shape index (κ1) is 16.3. The number of aromatic nitrogens is 3. The van der Waals surface area contributed by atoms with Crippen LogP contribution in [0.5, 0.6) is 0 Å². The summed E-state index contributed by atoms with van der Waals surface area (Å²) in [5.41, 5.74) is 0.456. The average molecular weight is 559 g/mol. The number of piperazine rings is 1. The maximum atomic E-state index is 14.7. The van der Waals surface area contributed by atoms with Crippen LogP contribution in [-0.4, -0.2) is 47.3 Å². The van der Waals surface area contributed by atoms with Crippen LogP contribution in [0, 0.1) is 12.7 Å². The molecule has 0 bridgehead atoms. The van der Waals surface area contributed by atoms with E-state index < -0.39 is 0 Å². The van der Waals surface area contributed by atoms with Crippen molar-refractivity contribution in [1.29, 1.82) is 0 Å². The number of halogens is 3. The molecule has 2 aromatic rings. The van der Waals surface area contributed by atoms with Crippen molar-refractivity contribution in [3.05, 3.63) is 22.0 Å². The van der Waals surface area contributed by atoms with Gasteiger partial charge in [-0.15, -0.1) is 11.8 Å². The van der Waals surface area contributed by atoms with E-state index in [9.17, 15) is 9.18 Å². The van der Waals surface area contributed by atoms with Crippen LogP contribution >= 0.6 is 57.5 Å². The summed E-state index contributed by atoms with van der Waals surface area (Å²) in [4.78, 5) is 23.6. The van der Waals surface area contributed by atoms with Crippen LogP contribution in [0.4, 0.5) is 10.2 Å². The van der Waals surface area contributed by atoms with Gasteiger partial charge in [0.05, 0.1) is 44.9 Å². The highest BCUT2D eigenvalue weighted by Gasteiger charge is 2.34. The maximum Gasteiger partial charge on any atom is 0.360 e. The Bertz CT molecular complexity index is 876. The molecule has 1 saturated heterocycles. The van der Waals surface area contributed by atoms with Gasteiger partial charge >= 0.3 is 5.69 Å². The molecule has 122 valence electrons. The first-order valence-electron chi connectivity index (χ1n) is 7.06. The molecule has 4 heterocycles. The molecule has 2 aliphatic rings. The van der Waals surface area contributed by atoms with Gasteiger partial charge in [0.25, 0.3) is 0 Å². The summed E-state index contributed by atoms with van der Waals surface area (Å²) in [6.45, 7) is 4.16. The highest BCUT2D eigenvalue weighted by atomic mass is 127. The molecule has 1 fully saturated rings. The predicted octanol–water partition coefficient (Wildman–Crippen LogP) is 2.38. The second-order valence-corrected chi connectivity index (χ2v) is 8.92. The number of rotatable bonds is 0. The Morgan fingerprint density at radius 3 is 2.87 bits per heavy atom. The molecule has 1 unspecified atom stereocenters. The van der Waals surface area contributed by atoms with E-state index in [4.69, 9.17) is 0 Å². The molecule has 0 radical (unpaired) electrons. The van der Waals surface area contributed by atoms with E-state index in [1.54, 1.807) is 6.92 Å². The normalized spacial score (nSPS) is 21.4. The highest BCUT2D eigenvalue weighted by molar-refractivity contribution is 14.1. The Labute approximate surface area is 163 Å². The molecule has 1 atom stereocenters. The molecule has 0 amide bonds. The van der Waals surface area contributed by atoms with E-state index in [0.29, 0.717) is 27.4 Å². The number of aryl methyl sites for hydroxylation is 1. The molecule has 2 aliphatic heterocycles. The standard InChI is InChI=1S/C13H12FI2N5OS/c1-6-9(14)10-8-11(18-13(22)21(16)12(8)17-6)20-3-2-19(15)4-7(20)5-23-10/h7H,2-5H2,1H3. The summed E-state index contributed by atoms with van der Waals surface area (Å²) in [6.07, 6.45) is 0. The SMILES string of the molecule is Cc1nc2c3c(nc(=O)n2I)N2CCN(I)CC2CSc3c1F. The lowest BCUT2D eigenvalue weighted by Crippen LogP contribution is -2.51. The molecule has 2 aromatic heterocycles. The lowest BCUT2D eigenvalue weighted by molar-refractivity contribution is 0.401. The van der Waals surface area contributed by atoms with E-state index in [1.807, 2.05) is 22.9 Å². The number of thioether (sulfide) groups is 1. The summed E-state index contributed by atoms with van der Waals surface area (Å²) in [5.74, 6) is 1.05. The molecule has 0 saturated carbocycles. The smallest absolute Gasteiger partial charge is 0.349 e. The Hall–Kier alpha value is -0.210. The summed E-state index contributed by atoms with van der Waals surface area (Å²) >= 11 is 5.70. The minimum Gasteiger partial charge on any atom is -0.349 e. The first-order chi connectivity index (χ1) is 11.0. The van der Waals surface area contributed by atoms with E-state index in [-0.39, 0.29) is 17.5 Å². The fraction of sp³-hybridized carbons (Fsp3) is 0.462. The molecule has 23 heavy (non-hydrogen) atoms. The third-order valence-corrected chi connectivity index (χ3v) is 7.12. The average Bonchev–Trinajstić information content (AvgIpc) is 2.67. The molecule has 0 aromatic carbocycles. The van der Waals surface area contributed by atoms with Crippen molar-refractivity contribution in [3.8, 4) is 0 Å². The van der Waals surface area contributed by atoms with Crippen LogP contribution in [0.25, 0.3) is 11.0 Å². The number of fused-ring (bicyclic) bond motifs is 2. The quantitative estimate of drug-likeness (QED) is 0.366. The Morgan fingerprint density at radius 2 is 2.09 bits per heavy atom. The Morgan fingerprint density at radius 1 is 1.30 bits per heavy atom. The van der Waals surface area contributed by atoms with Gasteiger partial charge in [-0.2, -0.15) is 4.98 Å². The van der Waals surface area contributed by atoms with Crippen molar-refractivity contribution in [2.45, 2.75) is 17.9 Å². The van der Waals surface area contributed by atoms with Gasteiger partial charge in [-0.05, 0) is 6.92 Å². The van der Waals surface area contributed by atoms with Crippen molar-refractivity contribution >= 4 is 74.3 Å². The van der Waals surface area contributed by atoms with E-state index >= 15 is 0 Å². The highest BCUT2D eigenvalue weighted by Crippen LogP contribution is 2.41. The van der Waals surface area contributed by atoms with E-state index in [2.05, 4.69) is 40.8 Å². The first-order valence-corrected chi connectivity index (χ1v) is 9.98. The fourth-order valence-corrected chi connectivity index (χ4v) is 5.40. The number of hydrogen-bond acceptors (Lipinski definition) is 6. The second kappa shape index (κ2) is 5.95. The van der Waals surface area contributed by atoms with Crippen LogP contribution in [-0.2, 0) is 0 Å². The van der Waals surface area contributed by atoms with Crippen LogP contribution < -0.4 is 10.6 Å². The van der Waals surface area contributed by atoms with Crippen LogP contribution in [0.3, 0.4) is 0 Å². The number of pyridine rings is 1. The summed E-state index contributed by atoms with van der Waals surface area (Å²) in [7, 11) is 0. The second-order valence-electron chi connectivity index (χ2n) is 5.56. The zero-order valence-corrected chi connectivity index (χ0v) is 17.2. The zero-order valence-electron chi connectivity index (χ0n) is 12.1. The molecular weight excluding hydrogens is 547 g/mol. The monoisotopic (exact) mass is 559 g/mol. The molecular formula is C13H12FI2N5OS. The molecule has 4 rings (SSSR count). The van der Waals surface area contributed by atoms with Gasteiger partial charge in [-0.25, -0.2) is 20.1 Å². The minimum atomic E-state index is -0.361. The fourth-order valence-electron chi connectivity index (χ4n) is 3.03. The topological polar surface area (TPSA) is 54.3 Å². The third-order valence-electron chi connectivity index (χ3n) is 4.15. The van der Waals surface area contributed by atoms with Crippen molar-refractivity contribution in [1.82, 2.24) is 15.9 Å². The third kappa shape index (κ3) is 2.56. The lowest BCUT2D eigenvalue weighted by atomic mass is 10.2. The zero-order chi connectivity index (χ0) is 16.3. The summed E-state index contributed by atoms with van der Waals surface area (Å²) in [5, 5.41) is 0.663. The van der Waals surface area contributed by atoms with Crippen molar-refractivity contribution in [2.24, 2.45) is 0 Å². The van der Waals surface area contributed by atoms with Crippen molar-refractivity contribution in [2.75, 3.05) is 30.3 Å². The molecule has 0 spiro atoms. The summed E-state index contributed by atoms with van der Waals surface area (Å²) in [6, 6.07) is 0.206.